The molecule has 3 aromatic rings. The number of thiophene rings is 1. The van der Waals surface area contributed by atoms with Gasteiger partial charge in [0.15, 0.2) is 0 Å². The highest BCUT2D eigenvalue weighted by Gasteiger charge is 2.31. The van der Waals surface area contributed by atoms with Crippen molar-refractivity contribution in [3.8, 4) is 0 Å². The molecule has 6 heteroatoms. The van der Waals surface area contributed by atoms with Crippen LogP contribution >= 0.6 is 22.9 Å². The third-order valence-corrected chi connectivity index (χ3v) is 5.10. The molecule has 1 aliphatic heterocycles. The molecule has 0 aliphatic carbocycles. The van der Waals surface area contributed by atoms with E-state index < -0.39 is 0 Å². The fraction of sp³-hybridized carbons (Fsp3) is 0.200. The lowest BCUT2D eigenvalue weighted by Crippen LogP contribution is -2.27. The molecule has 0 saturated carbocycles. The van der Waals surface area contributed by atoms with Crippen molar-refractivity contribution in [1.82, 2.24) is 14.8 Å². The first-order valence-corrected chi connectivity index (χ1v) is 8.02. The number of aromatic nitrogens is 3. The van der Waals surface area contributed by atoms with Crippen molar-refractivity contribution in [1.29, 1.82) is 0 Å². The number of anilines is 1. The molecule has 0 bridgehead atoms. The molecule has 1 aliphatic rings. The zero-order valence-electron chi connectivity index (χ0n) is 11.1. The minimum Gasteiger partial charge on any atom is -0.347 e. The van der Waals surface area contributed by atoms with Crippen molar-refractivity contribution < 1.29 is 0 Å². The molecular formula is C15H13ClN4S. The van der Waals surface area contributed by atoms with E-state index in [1.54, 1.807) is 17.7 Å². The molecule has 0 amide bonds. The van der Waals surface area contributed by atoms with Crippen LogP contribution in [0.5, 0.6) is 0 Å². The number of hydrogen-bond donors (Lipinski definition) is 1. The molecule has 1 aromatic carbocycles. The minimum atomic E-state index is 0.141. The number of nitrogens with one attached hydrogen (secondary N) is 1. The van der Waals surface area contributed by atoms with E-state index in [2.05, 4.69) is 39.0 Å². The Morgan fingerprint density at radius 3 is 2.95 bits per heavy atom. The van der Waals surface area contributed by atoms with Crippen LogP contribution in [0.25, 0.3) is 0 Å². The van der Waals surface area contributed by atoms with Gasteiger partial charge in [-0.3, -0.25) is 0 Å². The summed E-state index contributed by atoms with van der Waals surface area (Å²) in [7, 11) is 0. The number of hydrogen-bond acceptors (Lipinski definition) is 4. The topological polar surface area (TPSA) is 42.7 Å². The summed E-state index contributed by atoms with van der Waals surface area (Å²) in [6, 6.07) is 12.5. The number of nitrogens with zero attached hydrogens (tertiary/aromatic N) is 3. The first-order chi connectivity index (χ1) is 10.3. The molecule has 21 heavy (non-hydrogen) atoms. The van der Waals surface area contributed by atoms with E-state index in [0.717, 1.165) is 23.0 Å². The molecule has 0 saturated heterocycles. The summed E-state index contributed by atoms with van der Waals surface area (Å²) in [5.74, 6) is 0.796. The van der Waals surface area contributed by atoms with E-state index in [1.165, 1.54) is 4.88 Å². The lowest BCUT2D eigenvalue weighted by molar-refractivity contribution is 0.436. The molecule has 0 spiro atoms. The van der Waals surface area contributed by atoms with Crippen LogP contribution in [0.1, 0.15) is 28.9 Å². The van der Waals surface area contributed by atoms with E-state index in [1.807, 2.05) is 22.9 Å². The third-order valence-electron chi connectivity index (χ3n) is 3.78. The largest absolute Gasteiger partial charge is 0.347 e. The zero-order chi connectivity index (χ0) is 14.2. The van der Waals surface area contributed by atoms with Crippen molar-refractivity contribution in [3.05, 3.63) is 63.6 Å². The van der Waals surface area contributed by atoms with Gasteiger partial charge in [0, 0.05) is 9.90 Å². The summed E-state index contributed by atoms with van der Waals surface area (Å²) in [6.45, 7) is 0. The second kappa shape index (κ2) is 5.16. The Hall–Kier alpha value is -1.85. The van der Waals surface area contributed by atoms with Crippen LogP contribution in [0.15, 0.2) is 48.1 Å². The van der Waals surface area contributed by atoms with E-state index in [-0.39, 0.29) is 12.1 Å². The summed E-state index contributed by atoms with van der Waals surface area (Å²) in [4.78, 5) is 5.62. The van der Waals surface area contributed by atoms with Gasteiger partial charge < -0.3 is 5.32 Å². The maximum absolute atomic E-state index is 6.35. The molecule has 4 rings (SSSR count). The van der Waals surface area contributed by atoms with Gasteiger partial charge in [0.05, 0.1) is 12.1 Å². The summed E-state index contributed by atoms with van der Waals surface area (Å²) >= 11 is 8.10. The van der Waals surface area contributed by atoms with Gasteiger partial charge >= 0.3 is 0 Å². The second-order valence-corrected chi connectivity index (χ2v) is 6.40. The SMILES string of the molecule is Clc1ccccc1[C@@H]1C[C@@H](c2cccs2)n2ncnc2N1. The summed E-state index contributed by atoms with van der Waals surface area (Å²) in [6.07, 6.45) is 2.50. The van der Waals surface area contributed by atoms with Crippen molar-refractivity contribution in [2.24, 2.45) is 0 Å². The van der Waals surface area contributed by atoms with E-state index in [4.69, 9.17) is 11.6 Å². The first-order valence-electron chi connectivity index (χ1n) is 6.77. The molecule has 106 valence electrons. The number of rotatable bonds is 2. The molecule has 0 fully saturated rings. The average Bonchev–Trinajstić information content (AvgIpc) is 3.18. The third kappa shape index (κ3) is 2.22. The van der Waals surface area contributed by atoms with Crippen LogP contribution in [0.4, 0.5) is 5.95 Å². The fourth-order valence-corrected chi connectivity index (χ4v) is 3.89. The average molecular weight is 317 g/mol. The molecule has 2 aromatic heterocycles. The second-order valence-electron chi connectivity index (χ2n) is 5.01. The molecule has 1 N–H and O–H groups in total. The predicted octanol–water partition coefficient (Wildman–Crippen LogP) is 4.14. The lowest BCUT2D eigenvalue weighted by atomic mass is 9.97. The van der Waals surface area contributed by atoms with Gasteiger partial charge in [0.25, 0.3) is 0 Å². The highest BCUT2D eigenvalue weighted by Crippen LogP contribution is 2.40. The Morgan fingerprint density at radius 2 is 2.14 bits per heavy atom. The van der Waals surface area contributed by atoms with Crippen molar-refractivity contribution in [2.75, 3.05) is 5.32 Å². The molecule has 0 unspecified atom stereocenters. The van der Waals surface area contributed by atoms with E-state index in [0.29, 0.717) is 0 Å². The van der Waals surface area contributed by atoms with Crippen LogP contribution in [0.3, 0.4) is 0 Å². The quantitative estimate of drug-likeness (QED) is 0.772. The molecular weight excluding hydrogens is 304 g/mol. The molecule has 3 heterocycles. The summed E-state index contributed by atoms with van der Waals surface area (Å²) in [5, 5.41) is 10.7. The van der Waals surface area contributed by atoms with Crippen LogP contribution in [0.2, 0.25) is 5.02 Å². The summed E-state index contributed by atoms with van der Waals surface area (Å²) < 4.78 is 1.96. The van der Waals surface area contributed by atoms with Gasteiger partial charge in [-0.1, -0.05) is 35.9 Å². The van der Waals surface area contributed by atoms with E-state index >= 15 is 0 Å². The fourth-order valence-electron chi connectivity index (χ4n) is 2.80. The molecule has 0 radical (unpaired) electrons. The van der Waals surface area contributed by atoms with Crippen molar-refractivity contribution in [2.45, 2.75) is 18.5 Å². The summed E-state index contributed by atoms with van der Waals surface area (Å²) in [5.41, 5.74) is 1.11. The van der Waals surface area contributed by atoms with Crippen LogP contribution < -0.4 is 5.32 Å². The molecule has 4 nitrogen and oxygen atoms in total. The normalized spacial score (nSPS) is 20.8. The standard InChI is InChI=1S/C15H13ClN4S/c16-11-5-2-1-4-10(11)12-8-13(14-6-3-7-21-14)20-15(19-12)17-9-18-20/h1-7,9,12-13H,8H2,(H,17,18,19)/t12-,13-/m0/s1. The van der Waals surface area contributed by atoms with Gasteiger partial charge in [0.1, 0.15) is 6.33 Å². The highest BCUT2D eigenvalue weighted by atomic mass is 35.5. The minimum absolute atomic E-state index is 0.141. The van der Waals surface area contributed by atoms with Gasteiger partial charge in [-0.2, -0.15) is 10.1 Å². The van der Waals surface area contributed by atoms with Crippen LogP contribution in [0, 0.1) is 0 Å². The van der Waals surface area contributed by atoms with Gasteiger partial charge in [-0.15, -0.1) is 11.3 Å². The monoisotopic (exact) mass is 316 g/mol. The van der Waals surface area contributed by atoms with Crippen molar-refractivity contribution >= 4 is 28.9 Å². The Morgan fingerprint density at radius 1 is 1.24 bits per heavy atom. The smallest absolute Gasteiger partial charge is 0.222 e. The predicted molar refractivity (Wildman–Crippen MR) is 84.9 cm³/mol. The molecule has 2 atom stereocenters. The van der Waals surface area contributed by atoms with Gasteiger partial charge in [0.2, 0.25) is 5.95 Å². The first kappa shape index (κ1) is 12.9. The van der Waals surface area contributed by atoms with Crippen molar-refractivity contribution in [3.63, 3.8) is 0 Å². The number of halogens is 1. The van der Waals surface area contributed by atoms with Crippen LogP contribution in [-0.2, 0) is 0 Å². The number of benzene rings is 1. The maximum Gasteiger partial charge on any atom is 0.222 e. The van der Waals surface area contributed by atoms with Crippen LogP contribution in [-0.4, -0.2) is 14.8 Å². The van der Waals surface area contributed by atoms with Gasteiger partial charge in [-0.25, -0.2) is 4.68 Å². The maximum atomic E-state index is 6.35. The Kier molecular flexibility index (Phi) is 3.16. The Labute approximate surface area is 131 Å². The van der Waals surface area contributed by atoms with Gasteiger partial charge in [-0.05, 0) is 29.5 Å². The number of fused-ring (bicyclic) bond motifs is 1. The van der Waals surface area contributed by atoms with E-state index in [9.17, 15) is 0 Å². The Bertz CT molecular complexity index is 753. The Balaban J connectivity index is 1.76. The lowest BCUT2D eigenvalue weighted by Gasteiger charge is -2.31. The highest BCUT2D eigenvalue weighted by molar-refractivity contribution is 7.10. The zero-order valence-corrected chi connectivity index (χ0v) is 12.7.